The standard InChI is InChI=1S/C10H12N2OS2/c1-7-4-3-5-8(11-7)12-9(14)15-6-10(12,2)13/h3-5,13H,6H2,1-2H3. The number of aliphatic hydroxyl groups is 1. The largest absolute Gasteiger partial charge is 0.370 e. The number of hydrogen-bond acceptors (Lipinski definition) is 4. The van der Waals surface area contributed by atoms with Crippen molar-refractivity contribution in [3.8, 4) is 0 Å². The third-order valence-electron chi connectivity index (χ3n) is 2.24. The molecule has 0 radical (unpaired) electrons. The predicted octanol–water partition coefficient (Wildman–Crippen LogP) is 1.94. The molecule has 2 heterocycles. The molecule has 1 atom stereocenters. The Labute approximate surface area is 98.5 Å². The van der Waals surface area contributed by atoms with Crippen LogP contribution in [0.1, 0.15) is 12.6 Å². The van der Waals surface area contributed by atoms with E-state index in [0.717, 1.165) is 11.5 Å². The molecule has 0 spiro atoms. The number of aryl methyl sites for hydroxylation is 1. The van der Waals surface area contributed by atoms with E-state index in [1.54, 1.807) is 11.8 Å². The van der Waals surface area contributed by atoms with E-state index in [1.807, 2.05) is 25.1 Å². The van der Waals surface area contributed by atoms with Crippen molar-refractivity contribution in [2.24, 2.45) is 0 Å². The van der Waals surface area contributed by atoms with Gasteiger partial charge in [0.05, 0.1) is 0 Å². The summed E-state index contributed by atoms with van der Waals surface area (Å²) in [5.41, 5.74) is -0.00859. The molecule has 1 N–H and O–H groups in total. The fourth-order valence-corrected chi connectivity index (χ4v) is 2.93. The molecule has 1 aromatic rings. The molecular formula is C10H12N2OS2. The second kappa shape index (κ2) is 3.73. The summed E-state index contributed by atoms with van der Waals surface area (Å²) in [5, 5.41) is 10.1. The monoisotopic (exact) mass is 240 g/mol. The smallest absolute Gasteiger partial charge is 0.151 e. The SMILES string of the molecule is Cc1cccc(N2C(=S)SCC2(C)O)n1. The van der Waals surface area contributed by atoms with Gasteiger partial charge in [-0.2, -0.15) is 0 Å². The number of rotatable bonds is 1. The molecule has 80 valence electrons. The first-order valence-corrected chi connectivity index (χ1v) is 6.03. The summed E-state index contributed by atoms with van der Waals surface area (Å²) in [6.07, 6.45) is 0. The van der Waals surface area contributed by atoms with E-state index in [9.17, 15) is 5.11 Å². The molecule has 0 amide bonds. The zero-order valence-electron chi connectivity index (χ0n) is 8.60. The Hall–Kier alpha value is -0.650. The molecule has 0 aliphatic carbocycles. The number of thioether (sulfide) groups is 1. The van der Waals surface area contributed by atoms with Gasteiger partial charge in [0.2, 0.25) is 0 Å². The molecule has 1 saturated heterocycles. The van der Waals surface area contributed by atoms with Crippen LogP contribution in [0.2, 0.25) is 0 Å². The van der Waals surface area contributed by atoms with Crippen LogP contribution in [0.4, 0.5) is 5.82 Å². The fourth-order valence-electron chi connectivity index (χ4n) is 1.52. The molecule has 0 saturated carbocycles. The van der Waals surface area contributed by atoms with Crippen molar-refractivity contribution >= 4 is 34.1 Å². The van der Waals surface area contributed by atoms with E-state index < -0.39 is 5.72 Å². The zero-order valence-corrected chi connectivity index (χ0v) is 10.2. The van der Waals surface area contributed by atoms with Crippen molar-refractivity contribution in [3.05, 3.63) is 23.9 Å². The van der Waals surface area contributed by atoms with Crippen LogP contribution in [0.15, 0.2) is 18.2 Å². The number of anilines is 1. The average molecular weight is 240 g/mol. The highest BCUT2D eigenvalue weighted by molar-refractivity contribution is 8.23. The molecule has 5 heteroatoms. The van der Waals surface area contributed by atoms with Gasteiger partial charge in [-0.05, 0) is 26.0 Å². The van der Waals surface area contributed by atoms with E-state index in [4.69, 9.17) is 12.2 Å². The molecule has 1 unspecified atom stereocenters. The van der Waals surface area contributed by atoms with Crippen LogP contribution in [0.25, 0.3) is 0 Å². The maximum absolute atomic E-state index is 10.1. The first-order valence-electron chi connectivity index (χ1n) is 4.64. The van der Waals surface area contributed by atoms with Crippen LogP contribution in [0, 0.1) is 6.92 Å². The molecule has 1 aliphatic rings. The minimum Gasteiger partial charge on any atom is -0.370 e. The Morgan fingerprint density at radius 1 is 1.60 bits per heavy atom. The number of thiocarbonyl (C=S) groups is 1. The summed E-state index contributed by atoms with van der Waals surface area (Å²) in [6, 6.07) is 5.70. The van der Waals surface area contributed by atoms with Gasteiger partial charge >= 0.3 is 0 Å². The first-order chi connectivity index (χ1) is 7.00. The average Bonchev–Trinajstić information content (AvgIpc) is 2.40. The van der Waals surface area contributed by atoms with Crippen molar-refractivity contribution in [1.82, 2.24) is 4.98 Å². The summed E-state index contributed by atoms with van der Waals surface area (Å²) >= 11 is 6.68. The van der Waals surface area contributed by atoms with Gasteiger partial charge in [0.15, 0.2) is 5.72 Å². The van der Waals surface area contributed by atoms with Crippen LogP contribution in [0.3, 0.4) is 0 Å². The van der Waals surface area contributed by atoms with Crippen molar-refractivity contribution in [2.75, 3.05) is 10.7 Å². The van der Waals surface area contributed by atoms with E-state index in [2.05, 4.69) is 4.98 Å². The minimum atomic E-state index is -0.928. The normalized spacial score (nSPS) is 26.1. The molecule has 1 fully saturated rings. The molecular weight excluding hydrogens is 228 g/mol. The third-order valence-corrected chi connectivity index (χ3v) is 3.89. The number of hydrogen-bond donors (Lipinski definition) is 1. The summed E-state index contributed by atoms with van der Waals surface area (Å²) in [4.78, 5) is 6.07. The lowest BCUT2D eigenvalue weighted by Crippen LogP contribution is -2.45. The zero-order chi connectivity index (χ0) is 11.1. The second-order valence-corrected chi connectivity index (χ2v) is 5.35. The highest BCUT2D eigenvalue weighted by Crippen LogP contribution is 2.34. The Balaban J connectivity index is 2.41. The van der Waals surface area contributed by atoms with Crippen LogP contribution >= 0.6 is 24.0 Å². The fraction of sp³-hybridized carbons (Fsp3) is 0.400. The highest BCUT2D eigenvalue weighted by atomic mass is 32.2. The van der Waals surface area contributed by atoms with E-state index >= 15 is 0 Å². The first kappa shape index (κ1) is 10.9. The number of nitrogens with zero attached hydrogens (tertiary/aromatic N) is 2. The molecule has 0 bridgehead atoms. The maximum Gasteiger partial charge on any atom is 0.151 e. The highest BCUT2D eigenvalue weighted by Gasteiger charge is 2.39. The van der Waals surface area contributed by atoms with Crippen molar-refractivity contribution in [3.63, 3.8) is 0 Å². The molecule has 3 nitrogen and oxygen atoms in total. The van der Waals surface area contributed by atoms with Gasteiger partial charge < -0.3 is 5.11 Å². The molecule has 15 heavy (non-hydrogen) atoms. The molecule has 1 aromatic heterocycles. The summed E-state index contributed by atoms with van der Waals surface area (Å²) in [5.74, 6) is 1.30. The van der Waals surface area contributed by atoms with Crippen LogP contribution < -0.4 is 4.90 Å². The Morgan fingerprint density at radius 2 is 2.33 bits per heavy atom. The van der Waals surface area contributed by atoms with Crippen LogP contribution in [-0.4, -0.2) is 25.9 Å². The van der Waals surface area contributed by atoms with E-state index in [-0.39, 0.29) is 0 Å². The van der Waals surface area contributed by atoms with Gasteiger partial charge in [0.25, 0.3) is 0 Å². The van der Waals surface area contributed by atoms with Gasteiger partial charge in [-0.3, -0.25) is 4.90 Å². The molecule has 2 rings (SSSR count). The quantitative estimate of drug-likeness (QED) is 0.759. The van der Waals surface area contributed by atoms with Gasteiger partial charge in [-0.25, -0.2) is 4.98 Å². The van der Waals surface area contributed by atoms with Crippen molar-refractivity contribution in [1.29, 1.82) is 0 Å². The summed E-state index contributed by atoms with van der Waals surface area (Å²) < 4.78 is 0.679. The van der Waals surface area contributed by atoms with E-state index in [0.29, 0.717) is 10.1 Å². The van der Waals surface area contributed by atoms with Crippen LogP contribution in [0.5, 0.6) is 0 Å². The Morgan fingerprint density at radius 3 is 2.87 bits per heavy atom. The lowest BCUT2D eigenvalue weighted by molar-refractivity contribution is 0.0994. The van der Waals surface area contributed by atoms with Gasteiger partial charge in [-0.1, -0.05) is 30.0 Å². The van der Waals surface area contributed by atoms with Crippen molar-refractivity contribution < 1.29 is 5.11 Å². The Bertz CT molecular complexity index is 406. The van der Waals surface area contributed by atoms with Crippen LogP contribution in [-0.2, 0) is 0 Å². The number of aromatic nitrogens is 1. The second-order valence-electron chi connectivity index (χ2n) is 3.74. The summed E-state index contributed by atoms with van der Waals surface area (Å²) in [6.45, 7) is 3.67. The lowest BCUT2D eigenvalue weighted by atomic mass is 10.2. The summed E-state index contributed by atoms with van der Waals surface area (Å²) in [7, 11) is 0. The topological polar surface area (TPSA) is 36.4 Å². The van der Waals surface area contributed by atoms with Crippen molar-refractivity contribution in [2.45, 2.75) is 19.6 Å². The van der Waals surface area contributed by atoms with Gasteiger partial charge in [-0.15, -0.1) is 0 Å². The molecule has 1 aliphatic heterocycles. The third kappa shape index (κ3) is 2.00. The Kier molecular flexibility index (Phi) is 2.70. The van der Waals surface area contributed by atoms with Gasteiger partial charge in [0, 0.05) is 11.4 Å². The van der Waals surface area contributed by atoms with E-state index in [1.165, 1.54) is 11.8 Å². The number of pyridine rings is 1. The maximum atomic E-state index is 10.1. The lowest BCUT2D eigenvalue weighted by Gasteiger charge is -2.29. The predicted molar refractivity (Wildman–Crippen MR) is 67.1 cm³/mol. The minimum absolute atomic E-state index is 0.585. The molecule has 0 aromatic carbocycles. The van der Waals surface area contributed by atoms with Gasteiger partial charge in [0.1, 0.15) is 10.1 Å².